The monoisotopic (exact) mass is 161 g/mol. The van der Waals surface area contributed by atoms with Gasteiger partial charge in [0.05, 0.1) is 0 Å². The normalized spacial score (nSPS) is 21.9. The number of rotatable bonds is 2. The minimum Gasteiger partial charge on any atom is -0.326 e. The first-order valence-corrected chi connectivity index (χ1v) is 4.37. The molecule has 0 rings (SSSR count). The van der Waals surface area contributed by atoms with Crippen LogP contribution in [0.4, 0.5) is 0 Å². The molecule has 0 aliphatic rings. The van der Waals surface area contributed by atoms with E-state index in [-0.39, 0.29) is 0 Å². The van der Waals surface area contributed by atoms with Crippen molar-refractivity contribution in [1.82, 2.24) is 0 Å². The summed E-state index contributed by atoms with van der Waals surface area (Å²) in [6.45, 7) is 0. The zero-order valence-corrected chi connectivity index (χ0v) is 5.54. The molecule has 2 atom stereocenters. The molecule has 8 heteroatoms. The number of hydrogen-bond donors (Lipinski definition) is 3. The largest absolute Gasteiger partial charge is 0.407 e. The lowest BCUT2D eigenvalue weighted by atomic mass is 13.9. The highest BCUT2D eigenvalue weighted by molar-refractivity contribution is 7.57. The van der Waals surface area contributed by atoms with Crippen molar-refractivity contribution in [2.75, 3.05) is 0 Å². The second-order valence-electron chi connectivity index (χ2n) is 0.921. The van der Waals surface area contributed by atoms with Gasteiger partial charge in [-0.3, -0.25) is 4.57 Å². The van der Waals surface area contributed by atoms with Crippen LogP contribution in [-0.4, -0.2) is 9.79 Å². The Labute approximate surface area is 45.8 Å². The molecule has 0 fully saturated rings. The lowest BCUT2D eigenvalue weighted by Crippen LogP contribution is -1.91. The third-order valence-corrected chi connectivity index (χ3v) is 1.88. The molecule has 2 unspecified atom stereocenters. The highest BCUT2D eigenvalue weighted by atomic mass is 31.2. The summed E-state index contributed by atoms with van der Waals surface area (Å²) in [7, 11) is -7.62. The van der Waals surface area contributed by atoms with Gasteiger partial charge in [-0.1, -0.05) is 0 Å². The summed E-state index contributed by atoms with van der Waals surface area (Å²) in [6, 6.07) is 0. The van der Waals surface area contributed by atoms with Crippen molar-refractivity contribution in [2.24, 2.45) is 5.50 Å². The Hall–Kier alpha value is 0.300. The summed E-state index contributed by atoms with van der Waals surface area (Å²) in [5, 5.41) is 0. The molecule has 0 aromatic rings. The molecule has 0 saturated carbocycles. The van der Waals surface area contributed by atoms with Crippen LogP contribution in [0.5, 0.6) is 0 Å². The van der Waals surface area contributed by atoms with Gasteiger partial charge in [-0.2, -0.15) is 0 Å². The Bertz CT molecular complexity index is 133. The average molecular weight is 161 g/mol. The summed E-state index contributed by atoms with van der Waals surface area (Å²) < 4.78 is 22.8. The van der Waals surface area contributed by atoms with Crippen LogP contribution >= 0.6 is 16.0 Å². The molecule has 0 heterocycles. The quantitative estimate of drug-likeness (QED) is 0.468. The molecule has 6 nitrogen and oxygen atoms in total. The van der Waals surface area contributed by atoms with Gasteiger partial charge in [0, 0.05) is 0 Å². The molecule has 0 aliphatic carbocycles. The van der Waals surface area contributed by atoms with E-state index in [0.717, 1.165) is 0 Å². The highest BCUT2D eigenvalue weighted by Gasteiger charge is 2.13. The second-order valence-corrected chi connectivity index (χ2v) is 3.31. The predicted octanol–water partition coefficient (Wildman–Crippen LogP) is -0.556. The van der Waals surface area contributed by atoms with Crippen LogP contribution < -0.4 is 5.50 Å². The fourth-order valence-corrected chi connectivity index (χ4v) is 1.01. The summed E-state index contributed by atoms with van der Waals surface area (Å²) in [5.74, 6) is 0. The van der Waals surface area contributed by atoms with E-state index in [1.165, 1.54) is 0 Å². The first kappa shape index (κ1) is 8.30. The van der Waals surface area contributed by atoms with E-state index < -0.39 is 16.0 Å². The van der Waals surface area contributed by atoms with Crippen molar-refractivity contribution in [3.05, 3.63) is 0 Å². The van der Waals surface area contributed by atoms with E-state index in [2.05, 4.69) is 9.81 Å². The lowest BCUT2D eigenvalue weighted by Gasteiger charge is -1.99. The summed E-state index contributed by atoms with van der Waals surface area (Å²) in [5.41, 5.74) is 4.29. The molecule has 8 heavy (non-hydrogen) atoms. The molecule has 0 aliphatic heterocycles. The van der Waals surface area contributed by atoms with E-state index in [1.54, 1.807) is 0 Å². The third-order valence-electron chi connectivity index (χ3n) is 0.209. The van der Waals surface area contributed by atoms with Crippen LogP contribution in [0.15, 0.2) is 0 Å². The first-order chi connectivity index (χ1) is 3.42. The smallest absolute Gasteiger partial charge is 0.326 e. The Morgan fingerprint density at radius 2 is 2.12 bits per heavy atom. The molecule has 0 saturated heterocycles. The van der Waals surface area contributed by atoms with Crippen LogP contribution in [0.2, 0.25) is 0 Å². The molecule has 0 aromatic heterocycles. The third kappa shape index (κ3) is 6.30. The Balaban J connectivity index is 3.74. The van der Waals surface area contributed by atoms with Crippen LogP contribution in [0.3, 0.4) is 0 Å². The molecular weight excluding hydrogens is 156 g/mol. The molecular formula is H5NO5P2. The molecule has 0 bridgehead atoms. The van der Waals surface area contributed by atoms with Gasteiger partial charge in [-0.05, 0) is 0 Å². The maximum Gasteiger partial charge on any atom is 0.407 e. The molecule has 0 spiro atoms. The van der Waals surface area contributed by atoms with E-state index in [9.17, 15) is 9.13 Å². The van der Waals surface area contributed by atoms with Crippen LogP contribution in [0.1, 0.15) is 0 Å². The van der Waals surface area contributed by atoms with Gasteiger partial charge in [-0.25, -0.2) is 14.4 Å². The van der Waals surface area contributed by atoms with Crippen LogP contribution in [0.25, 0.3) is 0 Å². The van der Waals surface area contributed by atoms with Gasteiger partial charge in [0.1, 0.15) is 0 Å². The maximum absolute atomic E-state index is 9.80. The standard InChI is InChI=1S/H5NO5P2/c1-8(4,5)6-7(2)3/h7H,(H,2,3)(H3,1,4,5). The number of nitrogens with two attached hydrogens (primary N) is 1. The first-order valence-electron chi connectivity index (χ1n) is 1.46. The number of hydrogen-bond acceptors (Lipinski definition) is 3. The van der Waals surface area contributed by atoms with Gasteiger partial charge < -0.3 is 9.79 Å². The molecule has 4 N–H and O–H groups in total. The zero-order valence-electron chi connectivity index (χ0n) is 3.64. The molecule has 50 valence electrons. The van der Waals surface area contributed by atoms with E-state index in [4.69, 9.17) is 9.79 Å². The van der Waals surface area contributed by atoms with Crippen molar-refractivity contribution in [3.63, 3.8) is 0 Å². The molecule has 0 amide bonds. The van der Waals surface area contributed by atoms with Crippen molar-refractivity contribution in [2.45, 2.75) is 0 Å². The fourth-order valence-electron chi connectivity index (χ4n) is 0.112. The second kappa shape index (κ2) is 2.73. The van der Waals surface area contributed by atoms with Crippen LogP contribution in [-0.2, 0) is 13.4 Å². The maximum atomic E-state index is 9.80. The topological polar surface area (TPSA) is 110 Å². The summed E-state index contributed by atoms with van der Waals surface area (Å²) >= 11 is 0. The van der Waals surface area contributed by atoms with Crippen LogP contribution in [0, 0.1) is 0 Å². The summed E-state index contributed by atoms with van der Waals surface area (Å²) in [6.07, 6.45) is 0. The average Bonchev–Trinajstić information content (AvgIpc) is 1.21. The Kier molecular flexibility index (Phi) is 2.83. The van der Waals surface area contributed by atoms with Crippen molar-refractivity contribution in [1.29, 1.82) is 0 Å². The van der Waals surface area contributed by atoms with E-state index in [0.29, 0.717) is 0 Å². The Morgan fingerprint density at radius 3 is 2.12 bits per heavy atom. The summed E-state index contributed by atoms with van der Waals surface area (Å²) in [4.78, 5) is 15.8. The molecule has 0 aromatic carbocycles. The minimum absolute atomic E-state index is 3.38. The van der Waals surface area contributed by atoms with Gasteiger partial charge in [0.25, 0.3) is 0 Å². The SMILES string of the molecule is NP(=O)(O)O[PH](=O)O. The fraction of sp³-hybridized carbons (Fsp3) is 0. The van der Waals surface area contributed by atoms with Gasteiger partial charge in [0.2, 0.25) is 0 Å². The van der Waals surface area contributed by atoms with E-state index in [1.807, 2.05) is 0 Å². The lowest BCUT2D eigenvalue weighted by molar-refractivity contribution is 0.351. The Morgan fingerprint density at radius 1 is 1.75 bits per heavy atom. The molecule has 0 radical (unpaired) electrons. The van der Waals surface area contributed by atoms with Crippen molar-refractivity contribution in [3.8, 4) is 0 Å². The van der Waals surface area contributed by atoms with Gasteiger partial charge >= 0.3 is 16.0 Å². The predicted molar refractivity (Wildman–Crippen MR) is 26.3 cm³/mol. The van der Waals surface area contributed by atoms with Crippen molar-refractivity contribution < 1.29 is 23.2 Å². The van der Waals surface area contributed by atoms with Gasteiger partial charge in [-0.15, -0.1) is 0 Å². The highest BCUT2D eigenvalue weighted by Crippen LogP contribution is 2.41. The minimum atomic E-state index is -4.24. The van der Waals surface area contributed by atoms with Gasteiger partial charge in [0.15, 0.2) is 0 Å². The van der Waals surface area contributed by atoms with Crippen molar-refractivity contribution >= 4 is 16.0 Å². The van der Waals surface area contributed by atoms with E-state index >= 15 is 0 Å². The zero-order chi connectivity index (χ0) is 6.78.